The molecule has 0 N–H and O–H groups in total. The van der Waals surface area contributed by atoms with E-state index in [-0.39, 0.29) is 153 Å². The number of fused-ring (bicyclic) bond motifs is 1. The molecule has 0 unspecified atom stereocenters. The van der Waals surface area contributed by atoms with E-state index in [2.05, 4.69) is 77.0 Å². The van der Waals surface area contributed by atoms with Crippen LogP contribution in [-0.2, 0) is 101 Å². The molecule has 5 radical (unpaired) electrons. The van der Waals surface area contributed by atoms with Crippen molar-refractivity contribution in [1.82, 2.24) is 4.98 Å². The van der Waals surface area contributed by atoms with Crippen molar-refractivity contribution in [3.05, 3.63) is 215 Å². The standard InChI is InChI=1S/C10H8.C7H8.C5H5N.C4H4O.C4H4S.10C2H6.7CH3.4Re.2Rf.Rh/c1-2-6-10-8-4-3-7-9(10)5-1;1-7-5-3-2-4-6-7;1-2-4-6-5-3-1;2*1-2-4-5-3-1;10*1-2;;;;;;;;;;;;;;/h1-8H;2-6H,1H3;1-5H;2*1-4H;10*1-2H3;7*1H3;;;;;;;/q;;;;;;;;;;;;;;;7*-1;;;;;;;. The van der Waals surface area contributed by atoms with Crippen molar-refractivity contribution in [2.24, 2.45) is 0 Å². The number of hydrogen-bond donors (Lipinski definition) is 0. The van der Waals surface area contributed by atoms with Crippen molar-refractivity contribution in [2.75, 3.05) is 0 Å². The van der Waals surface area contributed by atoms with Crippen molar-refractivity contribution in [2.45, 2.75) is 145 Å². The van der Waals surface area contributed by atoms with Crippen LogP contribution in [0.5, 0.6) is 0 Å². The second-order valence-corrected chi connectivity index (χ2v) is 7.43. The molecule has 0 bridgehead atoms. The summed E-state index contributed by atoms with van der Waals surface area (Å²) in [6.45, 7) is 42.1. The van der Waals surface area contributed by atoms with Crippen LogP contribution in [0.2, 0.25) is 0 Å². The largest absolute Gasteiger partial charge is 0.473 e. The van der Waals surface area contributed by atoms with Crippen LogP contribution >= 0.6 is 11.3 Å². The molecule has 0 saturated carbocycles. The van der Waals surface area contributed by atoms with Crippen LogP contribution in [-0.4, -0.2) is 4.98 Å². The van der Waals surface area contributed by atoms with E-state index < -0.39 is 0 Å². The van der Waals surface area contributed by atoms with Crippen molar-refractivity contribution in [3.8, 4) is 0 Å². The number of aromatic nitrogens is 1. The van der Waals surface area contributed by atoms with Crippen LogP contribution in [0.3, 0.4) is 0 Å². The van der Waals surface area contributed by atoms with Crippen molar-refractivity contribution >= 4 is 22.1 Å². The molecule has 0 aliphatic carbocycles. The topological polar surface area (TPSA) is 26.0 Å². The number of pyridine rings is 1. The van der Waals surface area contributed by atoms with Gasteiger partial charge < -0.3 is 56.4 Å². The van der Waals surface area contributed by atoms with E-state index in [0.29, 0.717) is 0 Å². The molecule has 0 aliphatic rings. The Morgan fingerprint density at radius 3 is 0.672 bits per heavy atom. The predicted molar refractivity (Wildman–Crippen MR) is 301 cm³/mol. The molecule has 3 heterocycles. The van der Waals surface area contributed by atoms with Gasteiger partial charge in [-0.1, -0.05) is 241 Å². The molecule has 10 heteroatoms. The molecule has 0 atom stereocenters. The summed E-state index contributed by atoms with van der Waals surface area (Å²) in [4.78, 5) is 3.78. The molecule has 0 spiro atoms. The minimum Gasteiger partial charge on any atom is -0.473 e. The molecule has 67 heavy (non-hydrogen) atoms. The van der Waals surface area contributed by atoms with Crippen LogP contribution in [0, 0.1) is 58.9 Å². The van der Waals surface area contributed by atoms with Crippen LogP contribution in [0.1, 0.15) is 144 Å². The average Bonchev–Trinajstić information content (AvgIpc) is 4.11. The zero-order valence-corrected chi connectivity index (χ0v) is 75.2. The maximum atomic E-state index is 4.58. The van der Waals surface area contributed by atoms with Crippen LogP contribution in [0.15, 0.2) is 161 Å². The van der Waals surface area contributed by atoms with Crippen molar-refractivity contribution in [1.29, 1.82) is 0 Å². The van der Waals surface area contributed by atoms with Gasteiger partial charge in [-0.3, -0.25) is 4.98 Å². The maximum absolute atomic E-state index is 4.58. The summed E-state index contributed by atoms with van der Waals surface area (Å²) in [6.07, 6.45) is 6.75. The number of nitrogens with zero attached hydrogens (tertiary/aromatic N) is 1. The van der Waals surface area contributed by atoms with Crippen LogP contribution in [0.25, 0.3) is 10.8 Å². The molecule has 0 saturated heterocycles. The van der Waals surface area contributed by atoms with Crippen molar-refractivity contribution in [3.63, 3.8) is 0 Å². The fourth-order valence-electron chi connectivity index (χ4n) is 2.43. The third-order valence-corrected chi connectivity index (χ3v) is 4.64. The molecular formula is C57H110NORe4Rf2RhS-7. The number of benzene rings is 3. The number of thiophene rings is 1. The summed E-state index contributed by atoms with van der Waals surface area (Å²) in [5, 5.41) is 6.70. The molecule has 2 nitrogen and oxygen atoms in total. The van der Waals surface area contributed by atoms with Crippen molar-refractivity contribution < 1.29 is 106 Å². The van der Waals surface area contributed by atoms with Gasteiger partial charge >= 0.3 is 0 Å². The maximum Gasteiger partial charge on any atom is 0.0902 e. The molecule has 3 aromatic heterocycles. The Morgan fingerprint density at radius 1 is 0.328 bits per heavy atom. The second kappa shape index (κ2) is 197. The average molecular weight is 2240 g/mol. The second-order valence-electron chi connectivity index (χ2n) is 6.61. The first-order valence-corrected chi connectivity index (χ1v) is 21.6. The van der Waals surface area contributed by atoms with E-state index in [1.54, 1.807) is 36.3 Å². The zero-order chi connectivity index (χ0) is 43.2. The van der Waals surface area contributed by atoms with Gasteiger partial charge in [-0.25, -0.2) is 0 Å². The molecule has 403 valence electrons. The Bertz CT molecular complexity index is 1050. The number of hydrogen-bond acceptors (Lipinski definition) is 3. The molecule has 0 amide bonds. The number of aryl methyl sites for hydroxylation is 1. The first-order chi connectivity index (χ1) is 26.4. The van der Waals surface area contributed by atoms with Gasteiger partial charge in [0.2, 0.25) is 0 Å². The Kier molecular flexibility index (Phi) is 444. The Hall–Kier alpha value is -2.68. The van der Waals surface area contributed by atoms with E-state index in [1.165, 1.54) is 16.3 Å². The number of rotatable bonds is 0. The zero-order valence-electron chi connectivity index (χ0n) is 49.0. The van der Waals surface area contributed by atoms with Gasteiger partial charge in [0.15, 0.2) is 0 Å². The Morgan fingerprint density at radius 2 is 0.552 bits per heavy atom. The molecule has 3 aromatic carbocycles. The van der Waals surface area contributed by atoms with Gasteiger partial charge in [0.25, 0.3) is 0 Å². The summed E-state index contributed by atoms with van der Waals surface area (Å²) >= 11 is 1.71. The molecule has 0 aliphatic heterocycles. The Balaban J connectivity index is -0.0000000152. The SMILES string of the molecule is CC.CC.CC.CC.CC.CC.CC.CC.CC.CC.Cc1ccccc1.[CH3-].[CH3-].[CH3-].[CH3-].[CH3-].[CH3-].[CH3-].[Re].[Re].[Re].[Re].[Rf].[Rf].[Rh].c1ccc2ccccc2c1.c1ccncc1.c1ccoc1.c1ccsc1. The first-order valence-electron chi connectivity index (χ1n) is 20.6. The van der Waals surface area contributed by atoms with E-state index in [9.17, 15) is 0 Å². The summed E-state index contributed by atoms with van der Waals surface area (Å²) in [6, 6.07) is 40.4. The molecule has 6 aromatic rings. The third kappa shape index (κ3) is 154. The third-order valence-electron chi connectivity index (χ3n) is 4.02. The van der Waals surface area contributed by atoms with Gasteiger partial charge in [0.1, 0.15) is 0 Å². The Labute approximate surface area is 487 Å². The van der Waals surface area contributed by atoms with E-state index in [1.807, 2.05) is 210 Å². The minimum absolute atomic E-state index is 0. The number of furan rings is 1. The minimum atomic E-state index is 0. The normalized spacial score (nSPS) is 5.21. The summed E-state index contributed by atoms with van der Waals surface area (Å²) in [5.74, 6) is 0. The summed E-state index contributed by atoms with van der Waals surface area (Å²) in [5.41, 5.74) is 1.32. The van der Waals surface area contributed by atoms with Crippen LogP contribution < -0.4 is 0 Å². The molecule has 0 fully saturated rings. The fraction of sp³-hybridized carbons (Fsp3) is 0.368. The summed E-state index contributed by atoms with van der Waals surface area (Å²) < 4.78 is 4.58. The molecular weight excluding hydrogens is 2130 g/mol. The summed E-state index contributed by atoms with van der Waals surface area (Å²) in [7, 11) is 0. The van der Waals surface area contributed by atoms with Gasteiger partial charge in [0.05, 0.1) is 12.5 Å². The first kappa shape index (κ1) is 151. The van der Waals surface area contributed by atoms with Gasteiger partial charge in [0, 0.05) is 114 Å². The molecule has 6 rings (SSSR count). The monoisotopic (exact) mass is 2240 g/mol. The van der Waals surface area contributed by atoms with E-state index in [0.717, 1.165) is 0 Å². The van der Waals surface area contributed by atoms with Gasteiger partial charge in [-0.2, -0.15) is 11.3 Å². The van der Waals surface area contributed by atoms with Crippen LogP contribution in [0.4, 0.5) is 0 Å². The fourth-order valence-corrected chi connectivity index (χ4v) is 2.89. The van der Waals surface area contributed by atoms with Gasteiger partial charge in [-0.05, 0) is 52.7 Å². The quantitative estimate of drug-likeness (QED) is 0.112. The predicted octanol–water partition coefficient (Wildman–Crippen LogP) is 22.3. The smallest absolute Gasteiger partial charge is 0.0902 e. The van der Waals surface area contributed by atoms with Gasteiger partial charge in [-0.15, -0.1) is 0 Å². The van der Waals surface area contributed by atoms with E-state index >= 15 is 0 Å². The van der Waals surface area contributed by atoms with E-state index in [4.69, 9.17) is 0 Å².